The summed E-state index contributed by atoms with van der Waals surface area (Å²) >= 11 is 0. The Kier molecular flexibility index (Phi) is 6.50. The van der Waals surface area contributed by atoms with E-state index >= 15 is 0 Å². The molecule has 2 aliphatic carbocycles. The van der Waals surface area contributed by atoms with Crippen molar-refractivity contribution in [3.8, 4) is 0 Å². The third kappa shape index (κ3) is 5.35. The minimum Gasteiger partial charge on any atom is -0.392 e. The lowest BCUT2D eigenvalue weighted by Gasteiger charge is -2.22. The van der Waals surface area contributed by atoms with Crippen LogP contribution in [0.1, 0.15) is 48.2 Å². The second kappa shape index (κ2) is 9.87. The van der Waals surface area contributed by atoms with Crippen LogP contribution in [-0.2, 0) is 11.3 Å². The fraction of sp³-hybridized carbons (Fsp3) is 0.346. The number of carbonyl (C=O) groups excluding carboxylic acids is 2. The molecule has 0 bridgehead atoms. The topological polar surface area (TPSA) is 119 Å². The van der Waals surface area contributed by atoms with Gasteiger partial charge in [0.1, 0.15) is 11.6 Å². The summed E-state index contributed by atoms with van der Waals surface area (Å²) in [5.74, 6) is -0.616. The first kappa shape index (κ1) is 23.0. The van der Waals surface area contributed by atoms with Crippen LogP contribution in [0, 0.1) is 11.7 Å². The van der Waals surface area contributed by atoms with Crippen LogP contribution in [0.2, 0.25) is 0 Å². The van der Waals surface area contributed by atoms with Crippen molar-refractivity contribution in [2.45, 2.75) is 49.8 Å². The smallest absolute Gasteiger partial charge is 0.319 e. The number of hydrogen-bond acceptors (Lipinski definition) is 4. The molecule has 1 aromatic heterocycles. The largest absolute Gasteiger partial charge is 0.392 e. The molecule has 35 heavy (non-hydrogen) atoms. The van der Waals surface area contributed by atoms with Crippen molar-refractivity contribution in [2.24, 2.45) is 5.92 Å². The molecule has 4 atom stereocenters. The zero-order valence-electron chi connectivity index (χ0n) is 19.1. The van der Waals surface area contributed by atoms with Crippen molar-refractivity contribution in [3.05, 3.63) is 83.7 Å². The number of imidazole rings is 1. The van der Waals surface area contributed by atoms with Gasteiger partial charge in [0.2, 0.25) is 5.91 Å². The molecule has 0 spiro atoms. The lowest BCUT2D eigenvalue weighted by atomic mass is 9.96. The van der Waals surface area contributed by atoms with Crippen molar-refractivity contribution in [1.82, 2.24) is 20.6 Å². The van der Waals surface area contributed by atoms with Crippen LogP contribution >= 0.6 is 0 Å². The van der Waals surface area contributed by atoms with Crippen LogP contribution in [0.15, 0.2) is 60.8 Å². The maximum absolute atomic E-state index is 13.2. The minimum absolute atomic E-state index is 0.265. The molecule has 5 N–H and O–H groups in total. The normalized spacial score (nSPS) is 23.6. The van der Waals surface area contributed by atoms with Gasteiger partial charge in [-0.3, -0.25) is 4.79 Å². The summed E-state index contributed by atoms with van der Waals surface area (Å²) in [4.78, 5) is 33.5. The molecule has 2 saturated carbocycles. The summed E-state index contributed by atoms with van der Waals surface area (Å²) in [5.41, 5.74) is 2.10. The number of halogens is 1. The first-order valence-electron chi connectivity index (χ1n) is 11.9. The molecule has 2 aromatic carbocycles. The number of amides is 3. The summed E-state index contributed by atoms with van der Waals surface area (Å²) in [7, 11) is 0. The number of aromatic nitrogens is 2. The summed E-state index contributed by atoms with van der Waals surface area (Å²) in [6.07, 6.45) is 3.10. The van der Waals surface area contributed by atoms with Gasteiger partial charge in [0.25, 0.3) is 0 Å². The second-order valence-electron chi connectivity index (χ2n) is 9.27. The lowest BCUT2D eigenvalue weighted by Crippen LogP contribution is -2.41. The van der Waals surface area contributed by atoms with Crippen molar-refractivity contribution in [2.75, 3.05) is 5.32 Å². The molecule has 8 nitrogen and oxygen atoms in total. The molecule has 3 amide bonds. The summed E-state index contributed by atoms with van der Waals surface area (Å²) in [6, 6.07) is 14.0. The lowest BCUT2D eigenvalue weighted by molar-refractivity contribution is -0.127. The standard InChI is InChI=1S/C26H28FN5O3/c27-17-8-10-18(11-9-17)30-26(35)32-20-12-19(25(34)29-13-15-4-2-1-3-5-15)23(33)22(20)21-14-28-24(31-21)16-6-7-16/h1-5,8-11,14,16,19-20,22-23,33H,6-7,12-13H2,(H,28,31)(H,29,34)(H2,30,32,35)/t19-,20+,22+,23+/m0/s1. The van der Waals surface area contributed by atoms with Crippen molar-refractivity contribution >= 4 is 17.6 Å². The molecule has 3 aromatic rings. The Morgan fingerprint density at radius 2 is 1.83 bits per heavy atom. The van der Waals surface area contributed by atoms with E-state index in [0.717, 1.165) is 24.2 Å². The number of H-pyrrole nitrogens is 1. The molecule has 182 valence electrons. The number of anilines is 1. The van der Waals surface area contributed by atoms with Gasteiger partial charge >= 0.3 is 6.03 Å². The van der Waals surface area contributed by atoms with Gasteiger partial charge in [0, 0.05) is 42.0 Å². The Balaban J connectivity index is 1.31. The van der Waals surface area contributed by atoms with Gasteiger partial charge < -0.3 is 26.0 Å². The number of urea groups is 1. The molecule has 0 unspecified atom stereocenters. The second-order valence-corrected chi connectivity index (χ2v) is 9.27. The molecule has 0 aliphatic heterocycles. The highest BCUT2D eigenvalue weighted by Gasteiger charge is 2.48. The summed E-state index contributed by atoms with van der Waals surface area (Å²) in [6.45, 7) is 0.354. The summed E-state index contributed by atoms with van der Waals surface area (Å²) < 4.78 is 13.2. The van der Waals surface area contributed by atoms with E-state index < -0.39 is 35.8 Å². The molecule has 5 rings (SSSR count). The monoisotopic (exact) mass is 477 g/mol. The summed E-state index contributed by atoms with van der Waals surface area (Å²) in [5, 5.41) is 19.7. The fourth-order valence-corrected chi connectivity index (χ4v) is 4.73. The highest BCUT2D eigenvalue weighted by molar-refractivity contribution is 5.89. The maximum atomic E-state index is 13.2. The van der Waals surface area contributed by atoms with Gasteiger partial charge in [0.15, 0.2) is 0 Å². The Labute approximate surface area is 202 Å². The average Bonchev–Trinajstić information content (AvgIpc) is 3.51. The highest BCUT2D eigenvalue weighted by Crippen LogP contribution is 2.42. The third-order valence-electron chi connectivity index (χ3n) is 6.72. The van der Waals surface area contributed by atoms with E-state index in [1.54, 1.807) is 6.20 Å². The minimum atomic E-state index is -1.01. The van der Waals surface area contributed by atoms with Crippen LogP contribution in [0.25, 0.3) is 0 Å². The van der Waals surface area contributed by atoms with E-state index in [4.69, 9.17) is 0 Å². The van der Waals surface area contributed by atoms with Crippen LogP contribution in [-0.4, -0.2) is 39.2 Å². The number of nitrogens with zero attached hydrogens (tertiary/aromatic N) is 1. The third-order valence-corrected chi connectivity index (χ3v) is 6.72. The quantitative estimate of drug-likeness (QED) is 0.358. The zero-order valence-corrected chi connectivity index (χ0v) is 19.1. The predicted molar refractivity (Wildman–Crippen MR) is 128 cm³/mol. The van der Waals surface area contributed by atoms with E-state index in [-0.39, 0.29) is 12.3 Å². The number of aromatic amines is 1. The number of benzene rings is 2. The number of nitrogens with one attached hydrogen (secondary N) is 4. The maximum Gasteiger partial charge on any atom is 0.319 e. The van der Waals surface area contributed by atoms with Gasteiger partial charge in [-0.1, -0.05) is 30.3 Å². The average molecular weight is 478 g/mol. The van der Waals surface area contributed by atoms with Crippen LogP contribution in [0.3, 0.4) is 0 Å². The van der Waals surface area contributed by atoms with Crippen molar-refractivity contribution < 1.29 is 19.1 Å². The molecule has 1 heterocycles. The molecular formula is C26H28FN5O3. The van der Waals surface area contributed by atoms with E-state index in [2.05, 4.69) is 25.9 Å². The number of rotatable bonds is 7. The van der Waals surface area contributed by atoms with E-state index in [9.17, 15) is 19.1 Å². The number of carbonyl (C=O) groups is 2. The SMILES string of the molecule is O=C(Nc1ccc(F)cc1)N[C@@H]1C[C@H](C(=O)NCc2ccccc2)[C@@H](O)[C@H]1c1cnc(C2CC2)[nH]1. The number of aliphatic hydroxyl groups excluding tert-OH is 1. The van der Waals surface area contributed by atoms with Gasteiger partial charge in [-0.2, -0.15) is 0 Å². The Morgan fingerprint density at radius 1 is 1.09 bits per heavy atom. The van der Waals surface area contributed by atoms with E-state index in [1.165, 1.54) is 24.3 Å². The fourth-order valence-electron chi connectivity index (χ4n) is 4.73. The van der Waals surface area contributed by atoms with E-state index in [0.29, 0.717) is 23.8 Å². The number of hydrogen-bond donors (Lipinski definition) is 5. The predicted octanol–water partition coefficient (Wildman–Crippen LogP) is 3.40. The molecule has 2 aliphatic rings. The number of aliphatic hydroxyl groups is 1. The van der Waals surface area contributed by atoms with Crippen LogP contribution in [0.4, 0.5) is 14.9 Å². The Morgan fingerprint density at radius 3 is 2.54 bits per heavy atom. The first-order valence-corrected chi connectivity index (χ1v) is 11.9. The van der Waals surface area contributed by atoms with Gasteiger partial charge in [-0.25, -0.2) is 14.2 Å². The molecule has 0 radical (unpaired) electrons. The molecule has 0 saturated heterocycles. The van der Waals surface area contributed by atoms with Crippen LogP contribution < -0.4 is 16.0 Å². The Hall–Kier alpha value is -3.72. The highest BCUT2D eigenvalue weighted by atomic mass is 19.1. The zero-order chi connectivity index (χ0) is 24.4. The van der Waals surface area contributed by atoms with Crippen molar-refractivity contribution in [1.29, 1.82) is 0 Å². The molecule has 9 heteroatoms. The van der Waals surface area contributed by atoms with E-state index in [1.807, 2.05) is 30.3 Å². The van der Waals surface area contributed by atoms with Crippen molar-refractivity contribution in [3.63, 3.8) is 0 Å². The molecular weight excluding hydrogens is 449 g/mol. The first-order chi connectivity index (χ1) is 17.0. The van der Waals surface area contributed by atoms with Crippen LogP contribution in [0.5, 0.6) is 0 Å². The molecule has 2 fully saturated rings. The van der Waals surface area contributed by atoms with Gasteiger partial charge in [-0.15, -0.1) is 0 Å². The van der Waals surface area contributed by atoms with Gasteiger partial charge in [-0.05, 0) is 49.1 Å². The van der Waals surface area contributed by atoms with Gasteiger partial charge in [0.05, 0.1) is 12.0 Å². The Bertz CT molecular complexity index is 1180.